The molecule has 5 heteroatoms. The van der Waals surface area contributed by atoms with Gasteiger partial charge in [0.25, 0.3) is 0 Å². The fourth-order valence-electron chi connectivity index (χ4n) is 9.14. The molecule has 8 aromatic carbocycles. The van der Waals surface area contributed by atoms with E-state index in [9.17, 15) is 0 Å². The predicted molar refractivity (Wildman–Crippen MR) is 230 cm³/mol. The fourth-order valence-corrected chi connectivity index (χ4v) is 10.3. The first-order valence-corrected chi connectivity index (χ1v) is 20.0. The number of rotatable bonds is 4. The number of aromatic nitrogens is 3. The summed E-state index contributed by atoms with van der Waals surface area (Å²) in [5.74, 6) is 1.84. The van der Waals surface area contributed by atoms with Crippen molar-refractivity contribution in [2.75, 3.05) is 0 Å². The van der Waals surface area contributed by atoms with Gasteiger partial charge in [-0.1, -0.05) is 169 Å². The van der Waals surface area contributed by atoms with E-state index >= 15 is 0 Å². The van der Waals surface area contributed by atoms with Crippen LogP contribution >= 0.6 is 11.8 Å². The van der Waals surface area contributed by atoms with Crippen molar-refractivity contribution in [3.05, 3.63) is 210 Å². The first kappa shape index (κ1) is 32.2. The molecule has 266 valence electrons. The van der Waals surface area contributed by atoms with E-state index in [4.69, 9.17) is 19.4 Å². The lowest BCUT2D eigenvalue weighted by Crippen LogP contribution is -2.31. The van der Waals surface area contributed by atoms with E-state index in [1.807, 2.05) is 54.2 Å². The number of benzene rings is 8. The Kier molecular flexibility index (Phi) is 7.04. The highest BCUT2D eigenvalue weighted by Crippen LogP contribution is 2.62. The highest BCUT2D eigenvalue weighted by Gasteiger charge is 2.50. The van der Waals surface area contributed by atoms with E-state index in [0.29, 0.717) is 17.5 Å². The third kappa shape index (κ3) is 4.79. The summed E-state index contributed by atoms with van der Waals surface area (Å²) in [5.41, 5.74) is 13.8. The van der Waals surface area contributed by atoms with Gasteiger partial charge in [-0.3, -0.25) is 0 Å². The molecule has 3 heterocycles. The third-order valence-corrected chi connectivity index (χ3v) is 12.8. The number of hydrogen-bond acceptors (Lipinski definition) is 5. The monoisotopic (exact) mass is 745 g/mol. The first-order valence-electron chi connectivity index (χ1n) is 19.2. The zero-order valence-corrected chi connectivity index (χ0v) is 31.4. The van der Waals surface area contributed by atoms with Crippen molar-refractivity contribution in [1.29, 1.82) is 0 Å². The predicted octanol–water partition coefficient (Wildman–Crippen LogP) is 13.3. The van der Waals surface area contributed by atoms with E-state index in [2.05, 4.69) is 146 Å². The average Bonchev–Trinajstić information content (AvgIpc) is 3.79. The number of nitrogens with zero attached hydrogens (tertiary/aromatic N) is 3. The van der Waals surface area contributed by atoms with E-state index in [1.165, 1.54) is 48.7 Å². The lowest BCUT2D eigenvalue weighted by Gasteiger charge is -2.39. The van der Waals surface area contributed by atoms with Crippen LogP contribution in [-0.2, 0) is 5.41 Å². The summed E-state index contributed by atoms with van der Waals surface area (Å²) in [6.45, 7) is 0. The molecule has 57 heavy (non-hydrogen) atoms. The average molecular weight is 746 g/mol. The zero-order valence-electron chi connectivity index (χ0n) is 30.6. The number of hydrogen-bond donors (Lipinski definition) is 0. The lowest BCUT2D eigenvalue weighted by atomic mass is 9.67. The second kappa shape index (κ2) is 12.5. The summed E-state index contributed by atoms with van der Waals surface area (Å²) in [7, 11) is 0. The van der Waals surface area contributed by atoms with Crippen molar-refractivity contribution in [3.8, 4) is 56.4 Å². The molecule has 1 aliphatic heterocycles. The van der Waals surface area contributed by atoms with Crippen molar-refractivity contribution in [2.24, 2.45) is 0 Å². The van der Waals surface area contributed by atoms with Crippen LogP contribution < -0.4 is 0 Å². The molecule has 0 bridgehead atoms. The molecule has 4 nitrogen and oxygen atoms in total. The van der Waals surface area contributed by atoms with Crippen molar-refractivity contribution < 1.29 is 4.42 Å². The Balaban J connectivity index is 1.09. The molecule has 12 rings (SSSR count). The van der Waals surface area contributed by atoms with Gasteiger partial charge >= 0.3 is 0 Å². The molecule has 0 unspecified atom stereocenters. The van der Waals surface area contributed by atoms with Crippen molar-refractivity contribution >= 4 is 33.7 Å². The normalized spacial score (nSPS) is 13.3. The van der Waals surface area contributed by atoms with Crippen molar-refractivity contribution in [1.82, 2.24) is 15.0 Å². The van der Waals surface area contributed by atoms with Gasteiger partial charge in [-0.2, -0.15) is 0 Å². The Morgan fingerprint density at radius 1 is 0.368 bits per heavy atom. The van der Waals surface area contributed by atoms with Gasteiger partial charge in [0.2, 0.25) is 0 Å². The maximum absolute atomic E-state index is 6.86. The maximum atomic E-state index is 6.86. The summed E-state index contributed by atoms with van der Waals surface area (Å²) < 4.78 is 6.86. The first-order chi connectivity index (χ1) is 28.2. The highest BCUT2D eigenvalue weighted by atomic mass is 32.2. The molecule has 2 aliphatic rings. The van der Waals surface area contributed by atoms with Gasteiger partial charge in [-0.15, -0.1) is 0 Å². The summed E-state index contributed by atoms with van der Waals surface area (Å²) >= 11 is 1.86. The molecular weight excluding hydrogens is 715 g/mol. The van der Waals surface area contributed by atoms with Crippen LogP contribution in [0.15, 0.2) is 202 Å². The summed E-state index contributed by atoms with van der Waals surface area (Å²) in [6, 6.07) is 66.6. The van der Waals surface area contributed by atoms with Crippen LogP contribution in [0.4, 0.5) is 0 Å². The maximum Gasteiger partial charge on any atom is 0.164 e. The molecule has 0 atom stereocenters. The second-order valence-corrected chi connectivity index (χ2v) is 15.8. The Hall–Kier alpha value is -7.08. The molecule has 0 saturated carbocycles. The minimum atomic E-state index is -0.482. The van der Waals surface area contributed by atoms with Crippen LogP contribution in [0.25, 0.3) is 78.4 Å². The Morgan fingerprint density at radius 3 is 1.60 bits per heavy atom. The van der Waals surface area contributed by atoms with E-state index in [0.717, 1.165) is 44.2 Å². The molecule has 2 aromatic heterocycles. The highest BCUT2D eigenvalue weighted by molar-refractivity contribution is 7.99. The van der Waals surface area contributed by atoms with Crippen LogP contribution in [0.1, 0.15) is 22.3 Å². The topological polar surface area (TPSA) is 51.8 Å². The van der Waals surface area contributed by atoms with Gasteiger partial charge in [-0.05, 0) is 74.8 Å². The summed E-state index contributed by atoms with van der Waals surface area (Å²) in [4.78, 5) is 18.0. The summed E-state index contributed by atoms with van der Waals surface area (Å²) in [6.07, 6.45) is 0. The van der Waals surface area contributed by atoms with Crippen LogP contribution in [-0.4, -0.2) is 15.0 Å². The molecule has 0 N–H and O–H groups in total. The van der Waals surface area contributed by atoms with Gasteiger partial charge in [-0.25, -0.2) is 15.0 Å². The van der Waals surface area contributed by atoms with Crippen molar-refractivity contribution in [2.45, 2.75) is 15.2 Å². The van der Waals surface area contributed by atoms with Gasteiger partial charge in [0, 0.05) is 37.3 Å². The fraction of sp³-hybridized carbons (Fsp3) is 0.0192. The second-order valence-electron chi connectivity index (χ2n) is 14.7. The van der Waals surface area contributed by atoms with Gasteiger partial charge in [0.1, 0.15) is 11.2 Å². The minimum absolute atomic E-state index is 0.482. The number of furan rings is 1. The number of fused-ring (bicyclic) bond motifs is 12. The molecule has 0 radical (unpaired) electrons. The van der Waals surface area contributed by atoms with Crippen LogP contribution in [0, 0.1) is 0 Å². The van der Waals surface area contributed by atoms with Gasteiger partial charge in [0.15, 0.2) is 17.5 Å². The lowest BCUT2D eigenvalue weighted by molar-refractivity contribution is 0.664. The van der Waals surface area contributed by atoms with E-state index in [1.54, 1.807) is 0 Å². The molecule has 10 aromatic rings. The SMILES string of the molecule is c1ccc(-c2ccc(-c3nc(-c4ccccc4)nc(-c4cccc5oc6cc7c(cc6c45)-c4ccccc4C74c5ccccc5Sc5ccccc54)n3)cc2)cc1. The van der Waals surface area contributed by atoms with E-state index in [-0.39, 0.29) is 0 Å². The molecular formula is C52H31N3OS. The van der Waals surface area contributed by atoms with Crippen molar-refractivity contribution in [3.63, 3.8) is 0 Å². The van der Waals surface area contributed by atoms with Crippen LogP contribution in [0.3, 0.4) is 0 Å². The molecule has 0 saturated heterocycles. The molecule has 1 aliphatic carbocycles. The van der Waals surface area contributed by atoms with Crippen LogP contribution in [0.5, 0.6) is 0 Å². The smallest absolute Gasteiger partial charge is 0.164 e. The minimum Gasteiger partial charge on any atom is -0.456 e. The Morgan fingerprint density at radius 2 is 0.895 bits per heavy atom. The third-order valence-electron chi connectivity index (χ3n) is 11.6. The standard InChI is InChI=1S/C52H31N3OS/c1-3-14-32(15-4-1)33-26-28-35(29-27-33)50-53-49(34-16-5-2-6-17-34)54-51(55-50)37-19-13-23-44-48(37)39-30-38-36-18-7-8-20-40(36)52(43(38)31-45(39)56-44)41-21-9-11-24-46(41)57-47-25-12-10-22-42(47)52/h1-31H. The Bertz CT molecular complexity index is 3160. The van der Waals surface area contributed by atoms with Gasteiger partial charge in [0.05, 0.1) is 5.41 Å². The largest absolute Gasteiger partial charge is 0.456 e. The Labute approximate surface area is 333 Å². The quantitative estimate of drug-likeness (QED) is 0.180. The zero-order chi connectivity index (χ0) is 37.5. The van der Waals surface area contributed by atoms with E-state index < -0.39 is 5.41 Å². The molecule has 0 amide bonds. The van der Waals surface area contributed by atoms with Gasteiger partial charge < -0.3 is 4.42 Å². The molecule has 0 fully saturated rings. The van der Waals surface area contributed by atoms with Crippen LogP contribution in [0.2, 0.25) is 0 Å². The molecule has 1 spiro atoms. The summed E-state index contributed by atoms with van der Waals surface area (Å²) in [5, 5.41) is 2.03.